The summed E-state index contributed by atoms with van der Waals surface area (Å²) in [6.07, 6.45) is 0. The van der Waals surface area contributed by atoms with Crippen LogP contribution < -0.4 is 4.74 Å². The van der Waals surface area contributed by atoms with Crippen molar-refractivity contribution >= 4 is 38.2 Å². The van der Waals surface area contributed by atoms with Gasteiger partial charge in [0.25, 0.3) is 5.91 Å². The maximum atomic E-state index is 13.4. The Balaban J connectivity index is 1.07. The van der Waals surface area contributed by atoms with Gasteiger partial charge >= 0.3 is 0 Å². The van der Waals surface area contributed by atoms with Crippen molar-refractivity contribution in [3.05, 3.63) is 88.9 Å². The molecule has 7 heteroatoms. The lowest BCUT2D eigenvalue weighted by molar-refractivity contribution is 0.0625. The molecule has 3 heterocycles. The Labute approximate surface area is 220 Å². The molecule has 0 N–H and O–H groups in total. The van der Waals surface area contributed by atoms with E-state index in [0.717, 1.165) is 70.3 Å². The van der Waals surface area contributed by atoms with Crippen molar-refractivity contribution in [1.29, 1.82) is 0 Å². The van der Waals surface area contributed by atoms with Crippen molar-refractivity contribution in [3.8, 4) is 11.4 Å². The van der Waals surface area contributed by atoms with Crippen molar-refractivity contribution in [1.82, 2.24) is 19.6 Å². The van der Waals surface area contributed by atoms with Gasteiger partial charge < -0.3 is 9.64 Å². The fourth-order valence-corrected chi connectivity index (χ4v) is 6.10. The Morgan fingerprint density at radius 3 is 2.49 bits per heavy atom. The Bertz CT molecular complexity index is 1560. The Morgan fingerprint density at radius 1 is 0.919 bits per heavy atom. The van der Waals surface area contributed by atoms with Gasteiger partial charge in [-0.05, 0) is 43.5 Å². The Morgan fingerprint density at radius 2 is 1.68 bits per heavy atom. The molecule has 188 valence electrons. The van der Waals surface area contributed by atoms with Crippen LogP contribution in [-0.4, -0.2) is 64.8 Å². The average Bonchev–Trinajstić information content (AvgIpc) is 3.50. The number of aryl methyl sites for hydroxylation is 2. The van der Waals surface area contributed by atoms with Crippen LogP contribution >= 0.6 is 11.3 Å². The van der Waals surface area contributed by atoms with Gasteiger partial charge in [0.05, 0.1) is 16.3 Å². The summed E-state index contributed by atoms with van der Waals surface area (Å²) < 4.78 is 8.08. The van der Waals surface area contributed by atoms with Gasteiger partial charge in [0.1, 0.15) is 17.2 Å². The quantitative estimate of drug-likeness (QED) is 0.294. The molecule has 6 nitrogen and oxygen atoms in total. The average molecular weight is 511 g/mol. The summed E-state index contributed by atoms with van der Waals surface area (Å²) in [4.78, 5) is 19.5. The molecule has 0 unspecified atom stereocenters. The predicted molar refractivity (Wildman–Crippen MR) is 150 cm³/mol. The second-order valence-electron chi connectivity index (χ2n) is 9.62. The van der Waals surface area contributed by atoms with Gasteiger partial charge in [0, 0.05) is 43.5 Å². The van der Waals surface area contributed by atoms with Crippen molar-refractivity contribution < 1.29 is 9.53 Å². The fourth-order valence-electron chi connectivity index (χ4n) is 4.95. The molecule has 0 radical (unpaired) electrons. The molecule has 2 aromatic heterocycles. The summed E-state index contributed by atoms with van der Waals surface area (Å²) in [7, 11) is 0. The van der Waals surface area contributed by atoms with E-state index in [1.165, 1.54) is 22.3 Å². The van der Waals surface area contributed by atoms with Gasteiger partial charge in [0.2, 0.25) is 0 Å². The highest BCUT2D eigenvalue weighted by molar-refractivity contribution is 7.20. The maximum Gasteiger partial charge on any atom is 0.264 e. The highest BCUT2D eigenvalue weighted by Crippen LogP contribution is 2.31. The normalized spacial score (nSPS) is 14.5. The number of hydrogen-bond acceptors (Lipinski definition) is 5. The lowest BCUT2D eigenvalue weighted by atomic mass is 10.1. The first kappa shape index (κ1) is 23.7. The molecule has 1 saturated heterocycles. The second-order valence-corrected chi connectivity index (χ2v) is 10.7. The molecule has 1 aliphatic rings. The van der Waals surface area contributed by atoms with Crippen LogP contribution in [0, 0.1) is 13.8 Å². The summed E-state index contributed by atoms with van der Waals surface area (Å²) >= 11 is 1.53. The number of amides is 1. The van der Waals surface area contributed by atoms with Gasteiger partial charge in [-0.15, -0.1) is 11.3 Å². The number of fused-ring (bicyclic) bond motifs is 2. The molecular weight excluding hydrogens is 480 g/mol. The monoisotopic (exact) mass is 510 g/mol. The third-order valence-corrected chi connectivity index (χ3v) is 8.21. The predicted octanol–water partition coefficient (Wildman–Crippen LogP) is 5.69. The van der Waals surface area contributed by atoms with Crippen molar-refractivity contribution in [2.45, 2.75) is 13.8 Å². The molecule has 0 aliphatic carbocycles. The highest BCUT2D eigenvalue weighted by Gasteiger charge is 2.25. The molecule has 0 saturated carbocycles. The minimum Gasteiger partial charge on any atom is -0.492 e. The third kappa shape index (κ3) is 4.72. The largest absolute Gasteiger partial charge is 0.492 e. The molecular formula is C30H30N4O2S. The van der Waals surface area contributed by atoms with Crippen LogP contribution in [0.2, 0.25) is 0 Å². The molecule has 0 bridgehead atoms. The van der Waals surface area contributed by atoms with E-state index in [1.807, 2.05) is 46.8 Å². The summed E-state index contributed by atoms with van der Waals surface area (Å²) in [5.74, 6) is 1.04. The summed E-state index contributed by atoms with van der Waals surface area (Å²) in [5.41, 5.74) is 3.18. The number of hydrogen-bond donors (Lipinski definition) is 0. The number of thiophene rings is 1. The molecule has 0 spiro atoms. The van der Waals surface area contributed by atoms with Crippen LogP contribution in [0.1, 0.15) is 20.9 Å². The van der Waals surface area contributed by atoms with Gasteiger partial charge in [-0.2, -0.15) is 5.10 Å². The molecule has 1 aliphatic heterocycles. The summed E-state index contributed by atoms with van der Waals surface area (Å²) in [6.45, 7) is 8.72. The summed E-state index contributed by atoms with van der Waals surface area (Å²) in [6, 6.07) is 24.8. The zero-order valence-corrected chi connectivity index (χ0v) is 22.0. The minimum absolute atomic E-state index is 0.114. The molecule has 0 atom stereocenters. The lowest BCUT2D eigenvalue weighted by Gasteiger charge is -2.34. The van der Waals surface area contributed by atoms with E-state index >= 15 is 0 Å². The van der Waals surface area contributed by atoms with E-state index in [4.69, 9.17) is 9.84 Å². The standard InChI is InChI=1S/C30H30N4O2S/c1-21-10-12-24(13-11-21)34-30-26(22(2)31-34)20-28(37-30)29(35)33-16-14-32(15-17-33)18-19-36-27-9-5-7-23-6-3-4-8-25(23)27/h3-13,20H,14-19H2,1-2H3. The van der Waals surface area contributed by atoms with Gasteiger partial charge in [-0.3, -0.25) is 9.69 Å². The van der Waals surface area contributed by atoms with Crippen LogP contribution in [0.25, 0.3) is 26.7 Å². The second kappa shape index (κ2) is 10.00. The molecule has 3 aromatic carbocycles. The van der Waals surface area contributed by atoms with E-state index in [1.54, 1.807) is 0 Å². The van der Waals surface area contributed by atoms with E-state index in [-0.39, 0.29) is 5.91 Å². The van der Waals surface area contributed by atoms with Crippen molar-refractivity contribution in [2.24, 2.45) is 0 Å². The summed E-state index contributed by atoms with van der Waals surface area (Å²) in [5, 5.41) is 8.11. The topological polar surface area (TPSA) is 50.6 Å². The van der Waals surface area contributed by atoms with Crippen LogP contribution in [0.15, 0.2) is 72.8 Å². The van der Waals surface area contributed by atoms with Crippen molar-refractivity contribution in [3.63, 3.8) is 0 Å². The van der Waals surface area contributed by atoms with Gasteiger partial charge in [0.15, 0.2) is 0 Å². The number of aromatic nitrogens is 2. The number of benzene rings is 3. The van der Waals surface area contributed by atoms with Crippen LogP contribution in [0.3, 0.4) is 0 Å². The Kier molecular flexibility index (Phi) is 6.40. The highest BCUT2D eigenvalue weighted by atomic mass is 32.1. The van der Waals surface area contributed by atoms with Gasteiger partial charge in [-0.1, -0.05) is 54.1 Å². The number of rotatable bonds is 6. The third-order valence-electron chi connectivity index (χ3n) is 7.11. The smallest absolute Gasteiger partial charge is 0.264 e. The van der Waals surface area contributed by atoms with Crippen LogP contribution in [-0.2, 0) is 0 Å². The van der Waals surface area contributed by atoms with E-state index in [9.17, 15) is 4.79 Å². The van der Waals surface area contributed by atoms with Crippen LogP contribution in [0.4, 0.5) is 0 Å². The van der Waals surface area contributed by atoms with E-state index in [2.05, 4.69) is 54.3 Å². The fraction of sp³-hybridized carbons (Fsp3) is 0.267. The Hall–Kier alpha value is -3.68. The molecule has 1 amide bonds. The molecule has 37 heavy (non-hydrogen) atoms. The van der Waals surface area contributed by atoms with Gasteiger partial charge in [-0.25, -0.2) is 4.68 Å². The van der Waals surface area contributed by atoms with Crippen LogP contribution in [0.5, 0.6) is 5.75 Å². The first-order valence-electron chi connectivity index (χ1n) is 12.8. The SMILES string of the molecule is Cc1ccc(-n2nc(C)c3cc(C(=O)N4CCN(CCOc5cccc6ccccc56)CC4)sc32)cc1. The maximum absolute atomic E-state index is 13.4. The zero-order chi connectivity index (χ0) is 25.4. The first-order chi connectivity index (χ1) is 18.1. The zero-order valence-electron chi connectivity index (χ0n) is 21.2. The molecule has 6 rings (SSSR count). The number of carbonyl (C=O) groups is 1. The molecule has 1 fully saturated rings. The molecule has 5 aromatic rings. The van der Waals surface area contributed by atoms with E-state index in [0.29, 0.717) is 6.61 Å². The number of piperazine rings is 1. The lowest BCUT2D eigenvalue weighted by Crippen LogP contribution is -2.49. The number of nitrogens with zero attached hydrogens (tertiary/aromatic N) is 4. The number of carbonyl (C=O) groups excluding carboxylic acids is 1. The van der Waals surface area contributed by atoms with Crippen molar-refractivity contribution in [2.75, 3.05) is 39.3 Å². The minimum atomic E-state index is 0.114. The first-order valence-corrected chi connectivity index (χ1v) is 13.6. The van der Waals surface area contributed by atoms with E-state index < -0.39 is 0 Å². The number of ether oxygens (including phenoxy) is 1.